The molecule has 0 saturated carbocycles. The Kier molecular flexibility index (Phi) is 4.00. The van der Waals surface area contributed by atoms with E-state index in [0.717, 1.165) is 0 Å². The average Bonchev–Trinajstić information content (AvgIpc) is 2.45. The predicted octanol–water partition coefficient (Wildman–Crippen LogP) is 2.66. The Balaban J connectivity index is 2.97. The Morgan fingerprint density at radius 1 is 1.00 bits per heavy atom. The maximum Gasteiger partial charge on any atom is 0.416 e. The molecule has 0 amide bonds. The van der Waals surface area contributed by atoms with Crippen LogP contribution in [0.1, 0.15) is 16.7 Å². The first-order chi connectivity index (χ1) is 11.1. The number of anilines is 1. The average molecular weight is 340 g/mol. The van der Waals surface area contributed by atoms with Gasteiger partial charge in [0.05, 0.1) is 11.1 Å². The number of aromatic amines is 1. The molecule has 2 aromatic rings. The van der Waals surface area contributed by atoms with Crippen molar-refractivity contribution in [2.45, 2.75) is 6.18 Å². The largest absolute Gasteiger partial charge is 0.416 e. The number of H-pyrrole nitrogens is 1. The highest BCUT2D eigenvalue weighted by molar-refractivity contribution is 5.80. The number of nitrogens with two attached hydrogens (primary N) is 1. The summed E-state index contributed by atoms with van der Waals surface area (Å²) in [7, 11) is 0. The molecule has 3 N–H and O–H groups in total. The lowest BCUT2D eigenvalue weighted by Gasteiger charge is -2.13. The second-order valence-electron chi connectivity index (χ2n) is 4.53. The minimum Gasteiger partial charge on any atom is -0.384 e. The summed E-state index contributed by atoms with van der Waals surface area (Å²) in [5.41, 5.74) is -0.759. The van der Waals surface area contributed by atoms with Gasteiger partial charge in [-0.25, -0.2) is 8.78 Å². The molecule has 1 aromatic heterocycles. The lowest BCUT2D eigenvalue weighted by atomic mass is 9.94. The standard InChI is InChI=1S/C14H5F5N4O/c15-8-1-5(14(17,18)19)2-9(16)11(8)10-6(3-20)12(22)23-13(24)7(10)4-21/h1-2H,(H3,22,23,24). The third-order valence-corrected chi connectivity index (χ3v) is 3.09. The highest BCUT2D eigenvalue weighted by Crippen LogP contribution is 2.37. The van der Waals surface area contributed by atoms with Gasteiger partial charge < -0.3 is 10.7 Å². The Bertz CT molecular complexity index is 956. The van der Waals surface area contributed by atoms with Crippen LogP contribution in [0, 0.1) is 34.3 Å². The highest BCUT2D eigenvalue weighted by Gasteiger charge is 2.34. The van der Waals surface area contributed by atoms with Crippen molar-refractivity contribution in [1.29, 1.82) is 10.5 Å². The minimum absolute atomic E-state index is 0.00188. The van der Waals surface area contributed by atoms with Gasteiger partial charge in [0, 0.05) is 5.56 Å². The van der Waals surface area contributed by atoms with E-state index in [1.807, 2.05) is 4.98 Å². The molecule has 2 rings (SSSR count). The van der Waals surface area contributed by atoms with Gasteiger partial charge in [-0.05, 0) is 12.1 Å². The zero-order valence-corrected chi connectivity index (χ0v) is 11.4. The van der Waals surface area contributed by atoms with Gasteiger partial charge in [0.2, 0.25) is 0 Å². The van der Waals surface area contributed by atoms with Gasteiger partial charge in [0.15, 0.2) is 0 Å². The molecule has 0 spiro atoms. The molecule has 0 saturated heterocycles. The number of nitrogens with one attached hydrogen (secondary N) is 1. The molecule has 0 aliphatic heterocycles. The second-order valence-corrected chi connectivity index (χ2v) is 4.53. The Labute approximate surface area is 130 Å². The molecule has 122 valence electrons. The Morgan fingerprint density at radius 3 is 1.92 bits per heavy atom. The summed E-state index contributed by atoms with van der Waals surface area (Å²) in [4.78, 5) is 13.6. The van der Waals surface area contributed by atoms with Gasteiger partial charge in [-0.1, -0.05) is 0 Å². The van der Waals surface area contributed by atoms with Crippen molar-refractivity contribution in [1.82, 2.24) is 4.98 Å². The summed E-state index contributed by atoms with van der Waals surface area (Å²) in [6.07, 6.45) is -5.01. The molecule has 1 heterocycles. The first-order valence-electron chi connectivity index (χ1n) is 6.04. The van der Waals surface area contributed by atoms with E-state index in [2.05, 4.69) is 0 Å². The number of hydrogen-bond acceptors (Lipinski definition) is 4. The van der Waals surface area contributed by atoms with E-state index in [-0.39, 0.29) is 12.1 Å². The predicted molar refractivity (Wildman–Crippen MR) is 71.3 cm³/mol. The highest BCUT2D eigenvalue weighted by atomic mass is 19.4. The molecule has 0 aliphatic rings. The molecule has 0 fully saturated rings. The van der Waals surface area contributed by atoms with Crippen molar-refractivity contribution in [3.63, 3.8) is 0 Å². The molecule has 5 nitrogen and oxygen atoms in total. The lowest BCUT2D eigenvalue weighted by Crippen LogP contribution is -2.17. The zero-order valence-electron chi connectivity index (χ0n) is 11.4. The Morgan fingerprint density at radius 2 is 1.50 bits per heavy atom. The quantitative estimate of drug-likeness (QED) is 0.778. The number of benzene rings is 1. The monoisotopic (exact) mass is 340 g/mol. The topological polar surface area (TPSA) is 106 Å². The van der Waals surface area contributed by atoms with E-state index in [1.165, 1.54) is 12.1 Å². The number of nitrogens with zero attached hydrogens (tertiary/aromatic N) is 2. The first-order valence-corrected chi connectivity index (χ1v) is 6.04. The minimum atomic E-state index is -5.01. The number of aromatic nitrogens is 1. The van der Waals surface area contributed by atoms with E-state index in [0.29, 0.717) is 0 Å². The fourth-order valence-electron chi connectivity index (χ4n) is 2.07. The van der Waals surface area contributed by atoms with Gasteiger partial charge in [0.25, 0.3) is 5.56 Å². The second kappa shape index (κ2) is 5.66. The van der Waals surface area contributed by atoms with E-state index in [1.54, 1.807) is 0 Å². The van der Waals surface area contributed by atoms with Crippen LogP contribution < -0.4 is 11.3 Å². The van der Waals surface area contributed by atoms with Crippen LogP contribution in [0.4, 0.5) is 27.8 Å². The van der Waals surface area contributed by atoms with Crippen LogP contribution in [0.3, 0.4) is 0 Å². The lowest BCUT2D eigenvalue weighted by molar-refractivity contribution is -0.137. The molecule has 0 radical (unpaired) electrons. The molecule has 10 heteroatoms. The van der Waals surface area contributed by atoms with Gasteiger partial charge >= 0.3 is 6.18 Å². The number of rotatable bonds is 1. The van der Waals surface area contributed by atoms with Gasteiger partial charge in [-0.3, -0.25) is 4.79 Å². The maximum absolute atomic E-state index is 14.1. The van der Waals surface area contributed by atoms with Crippen LogP contribution in [0.15, 0.2) is 16.9 Å². The van der Waals surface area contributed by atoms with Crippen LogP contribution in [0.2, 0.25) is 0 Å². The Hall–Kier alpha value is -3.40. The molecule has 0 aliphatic carbocycles. The van der Waals surface area contributed by atoms with Crippen LogP contribution in [0.25, 0.3) is 11.1 Å². The van der Waals surface area contributed by atoms with Crippen LogP contribution in [-0.2, 0) is 6.18 Å². The van der Waals surface area contributed by atoms with Crippen LogP contribution >= 0.6 is 0 Å². The number of nitrogen functional groups attached to an aromatic ring is 1. The number of hydrogen-bond donors (Lipinski definition) is 2. The van der Waals surface area contributed by atoms with Crippen molar-refractivity contribution in [3.8, 4) is 23.3 Å². The van der Waals surface area contributed by atoms with Crippen molar-refractivity contribution < 1.29 is 22.0 Å². The van der Waals surface area contributed by atoms with Crippen molar-refractivity contribution >= 4 is 5.82 Å². The molecular formula is C14H5F5N4O. The summed E-state index contributed by atoms with van der Waals surface area (Å²) in [5, 5.41) is 18.0. The number of alkyl halides is 3. The van der Waals surface area contributed by atoms with Crippen LogP contribution in [-0.4, -0.2) is 4.98 Å². The van der Waals surface area contributed by atoms with Crippen molar-refractivity contribution in [3.05, 3.63) is 50.8 Å². The molecule has 0 bridgehead atoms. The summed E-state index contributed by atoms with van der Waals surface area (Å²) in [5.74, 6) is -3.96. The van der Waals surface area contributed by atoms with E-state index < -0.39 is 57.0 Å². The summed E-state index contributed by atoms with van der Waals surface area (Å²) in [6, 6.07) is 2.82. The summed E-state index contributed by atoms with van der Waals surface area (Å²) in [6.45, 7) is 0. The fourth-order valence-corrected chi connectivity index (χ4v) is 2.07. The van der Waals surface area contributed by atoms with Gasteiger partial charge in [0.1, 0.15) is 40.7 Å². The summed E-state index contributed by atoms with van der Waals surface area (Å²) >= 11 is 0. The maximum atomic E-state index is 14.1. The molecular weight excluding hydrogens is 335 g/mol. The normalized spacial score (nSPS) is 11.0. The van der Waals surface area contributed by atoms with E-state index >= 15 is 0 Å². The molecule has 0 unspecified atom stereocenters. The van der Waals surface area contributed by atoms with E-state index in [4.69, 9.17) is 16.3 Å². The fraction of sp³-hybridized carbons (Fsp3) is 0.0714. The third-order valence-electron chi connectivity index (χ3n) is 3.09. The first kappa shape index (κ1) is 17.0. The molecule has 1 aromatic carbocycles. The summed E-state index contributed by atoms with van der Waals surface area (Å²) < 4.78 is 66.0. The van der Waals surface area contributed by atoms with Gasteiger partial charge in [-0.15, -0.1) is 0 Å². The third kappa shape index (κ3) is 2.65. The van der Waals surface area contributed by atoms with Crippen molar-refractivity contribution in [2.24, 2.45) is 0 Å². The van der Waals surface area contributed by atoms with E-state index in [9.17, 15) is 26.7 Å². The smallest absolute Gasteiger partial charge is 0.384 e. The number of nitriles is 2. The molecule has 24 heavy (non-hydrogen) atoms. The number of pyridine rings is 1. The zero-order chi connectivity index (χ0) is 18.2. The van der Waals surface area contributed by atoms with Crippen molar-refractivity contribution in [2.75, 3.05) is 5.73 Å². The SMILES string of the molecule is N#Cc1c(N)[nH]c(=O)c(C#N)c1-c1c(F)cc(C(F)(F)F)cc1F. The van der Waals surface area contributed by atoms with Gasteiger partial charge in [-0.2, -0.15) is 23.7 Å². The number of halogens is 5. The molecule has 0 atom stereocenters. The van der Waals surface area contributed by atoms with Crippen LogP contribution in [0.5, 0.6) is 0 Å².